The molecule has 198 valence electrons. The van der Waals surface area contributed by atoms with Gasteiger partial charge in [-0.05, 0) is 80.0 Å². The first-order chi connectivity index (χ1) is 19.0. The molecule has 2 aliphatic carbocycles. The van der Waals surface area contributed by atoms with Crippen molar-refractivity contribution in [1.82, 2.24) is 14.9 Å². The van der Waals surface area contributed by atoms with Crippen LogP contribution in [-0.4, -0.2) is 34.1 Å². The Hall–Kier alpha value is -4.26. The predicted molar refractivity (Wildman–Crippen MR) is 150 cm³/mol. The Morgan fingerprint density at radius 2 is 1.85 bits per heavy atom. The van der Waals surface area contributed by atoms with E-state index in [2.05, 4.69) is 34.6 Å². The van der Waals surface area contributed by atoms with Crippen molar-refractivity contribution < 1.29 is 14.3 Å². The van der Waals surface area contributed by atoms with Crippen molar-refractivity contribution in [3.05, 3.63) is 94.4 Å². The molecule has 0 atom stereocenters. The Morgan fingerprint density at radius 1 is 1.05 bits per heavy atom. The zero-order chi connectivity index (χ0) is 27.0. The molecular formula is C32H31N3O4. The fraction of sp³-hybridized carbons (Fsp3) is 0.312. The van der Waals surface area contributed by atoms with Crippen LogP contribution in [0.3, 0.4) is 0 Å². The third kappa shape index (κ3) is 4.85. The van der Waals surface area contributed by atoms with Gasteiger partial charge in [-0.25, -0.2) is 4.98 Å². The predicted octanol–water partition coefficient (Wildman–Crippen LogP) is 5.22. The highest BCUT2D eigenvalue weighted by atomic mass is 16.5. The summed E-state index contributed by atoms with van der Waals surface area (Å²) in [6.45, 7) is 2.26. The van der Waals surface area contributed by atoms with Crippen LogP contribution < -0.4 is 10.7 Å². The van der Waals surface area contributed by atoms with Crippen molar-refractivity contribution in [1.29, 1.82) is 0 Å². The molecule has 0 aliphatic heterocycles. The number of ether oxygens (including phenoxy) is 1. The van der Waals surface area contributed by atoms with Gasteiger partial charge in [0, 0.05) is 24.1 Å². The average Bonchev–Trinajstić information content (AvgIpc) is 3.75. The van der Waals surface area contributed by atoms with Gasteiger partial charge in [-0.1, -0.05) is 42.8 Å². The first kappa shape index (κ1) is 25.0. The van der Waals surface area contributed by atoms with Crippen molar-refractivity contribution in [3.8, 4) is 16.8 Å². The Labute approximate surface area is 226 Å². The molecule has 4 aromatic rings. The molecule has 2 fully saturated rings. The highest BCUT2D eigenvalue weighted by Gasteiger charge is 2.45. The minimum Gasteiger partial charge on any atom is -0.466 e. The van der Waals surface area contributed by atoms with Crippen LogP contribution in [0, 0.1) is 5.41 Å². The number of pyridine rings is 2. The number of fused-ring (bicyclic) bond motifs is 1. The van der Waals surface area contributed by atoms with Crippen LogP contribution in [0.15, 0.2) is 77.9 Å². The molecule has 0 spiro atoms. The highest BCUT2D eigenvalue weighted by Crippen LogP contribution is 2.45. The Balaban J connectivity index is 1.32. The second-order valence-electron chi connectivity index (χ2n) is 10.6. The third-order valence-corrected chi connectivity index (χ3v) is 7.89. The third-order valence-electron chi connectivity index (χ3n) is 7.89. The summed E-state index contributed by atoms with van der Waals surface area (Å²) in [7, 11) is 0. The fourth-order valence-electron chi connectivity index (χ4n) is 5.39. The summed E-state index contributed by atoms with van der Waals surface area (Å²) in [5.74, 6) is -0.430. The number of hydrogen-bond donors (Lipinski definition) is 1. The summed E-state index contributed by atoms with van der Waals surface area (Å²) in [6.07, 6.45) is 8.63. The van der Waals surface area contributed by atoms with Crippen molar-refractivity contribution in [2.45, 2.75) is 51.5 Å². The van der Waals surface area contributed by atoms with Crippen LogP contribution in [0.25, 0.3) is 27.8 Å². The number of amides is 1. The first-order valence-electron chi connectivity index (χ1n) is 13.7. The zero-order valence-electron chi connectivity index (χ0n) is 22.0. The Bertz CT molecular complexity index is 1620. The van der Waals surface area contributed by atoms with E-state index in [4.69, 9.17) is 4.74 Å². The van der Waals surface area contributed by atoms with Gasteiger partial charge in [0.25, 0.3) is 5.91 Å². The van der Waals surface area contributed by atoms with Gasteiger partial charge in [0.1, 0.15) is 11.2 Å². The topological polar surface area (TPSA) is 90.3 Å². The molecule has 2 aromatic heterocycles. The van der Waals surface area contributed by atoms with Gasteiger partial charge in [0.15, 0.2) is 0 Å². The molecule has 39 heavy (non-hydrogen) atoms. The SMILES string of the molecule is CCOC(=O)C1(Cc2ccc(-c3cccc(-n4cc(C(=O)NC5CC5)c(=O)c5cccnc54)c3)cc2)CCC1. The number of aromatic nitrogens is 2. The maximum Gasteiger partial charge on any atom is 0.312 e. The number of rotatable bonds is 8. The van der Waals surface area contributed by atoms with Crippen molar-refractivity contribution >= 4 is 22.9 Å². The minimum absolute atomic E-state index is 0.0832. The molecule has 2 heterocycles. The highest BCUT2D eigenvalue weighted by molar-refractivity contribution is 5.97. The number of nitrogens with one attached hydrogen (secondary N) is 1. The van der Waals surface area contributed by atoms with Crippen LogP contribution in [0.4, 0.5) is 0 Å². The summed E-state index contributed by atoms with van der Waals surface area (Å²) >= 11 is 0. The van der Waals surface area contributed by atoms with Crippen LogP contribution in [0.1, 0.15) is 54.9 Å². The first-order valence-corrected chi connectivity index (χ1v) is 13.7. The van der Waals surface area contributed by atoms with E-state index in [0.717, 1.165) is 54.5 Å². The molecule has 6 rings (SSSR count). The van der Waals surface area contributed by atoms with E-state index in [-0.39, 0.29) is 34.3 Å². The molecule has 1 amide bonds. The van der Waals surface area contributed by atoms with E-state index >= 15 is 0 Å². The van der Waals surface area contributed by atoms with Gasteiger partial charge >= 0.3 is 5.97 Å². The molecule has 0 saturated heterocycles. The van der Waals surface area contributed by atoms with E-state index in [1.165, 1.54) is 0 Å². The number of carbonyl (C=O) groups excluding carboxylic acids is 2. The maximum absolute atomic E-state index is 13.1. The van der Waals surface area contributed by atoms with Gasteiger partial charge in [-0.2, -0.15) is 0 Å². The number of nitrogens with zero attached hydrogens (tertiary/aromatic N) is 2. The molecule has 0 bridgehead atoms. The summed E-state index contributed by atoms with van der Waals surface area (Å²) in [6, 6.07) is 19.8. The van der Waals surface area contributed by atoms with Gasteiger partial charge in [-0.3, -0.25) is 14.4 Å². The Morgan fingerprint density at radius 3 is 2.54 bits per heavy atom. The molecule has 7 nitrogen and oxygen atoms in total. The number of carbonyl (C=O) groups is 2. The molecular weight excluding hydrogens is 490 g/mol. The second-order valence-corrected chi connectivity index (χ2v) is 10.6. The normalized spacial score (nSPS) is 15.9. The summed E-state index contributed by atoms with van der Waals surface area (Å²) in [5.41, 5.74) is 3.86. The molecule has 1 N–H and O–H groups in total. The summed E-state index contributed by atoms with van der Waals surface area (Å²) in [4.78, 5) is 43.1. The molecule has 2 aliphatic rings. The standard InChI is InChI=1S/C32H31N3O4/c1-2-39-31(38)32(15-5-16-32)19-21-9-11-22(12-10-21)23-6-3-7-25(18-23)35-20-27(30(37)34-24-13-14-24)28(36)26-8-4-17-33-29(26)35/h3-4,6-12,17-18,20,24H,2,5,13-16,19H2,1H3,(H,34,37). The lowest BCUT2D eigenvalue weighted by atomic mass is 9.65. The second kappa shape index (κ2) is 10.1. The van der Waals surface area contributed by atoms with Crippen LogP contribution in [0.2, 0.25) is 0 Å². The molecule has 2 saturated carbocycles. The fourth-order valence-corrected chi connectivity index (χ4v) is 5.39. The lowest BCUT2D eigenvalue weighted by Crippen LogP contribution is -2.41. The Kier molecular flexibility index (Phi) is 6.51. The van der Waals surface area contributed by atoms with Gasteiger partial charge in [0.05, 0.1) is 17.4 Å². The molecule has 0 unspecified atom stereocenters. The van der Waals surface area contributed by atoms with E-state index < -0.39 is 0 Å². The van der Waals surface area contributed by atoms with E-state index in [9.17, 15) is 14.4 Å². The van der Waals surface area contributed by atoms with Crippen molar-refractivity contribution in [2.24, 2.45) is 5.41 Å². The van der Waals surface area contributed by atoms with Gasteiger partial charge in [0.2, 0.25) is 5.43 Å². The molecule has 7 heteroatoms. The lowest BCUT2D eigenvalue weighted by Gasteiger charge is -2.39. The van der Waals surface area contributed by atoms with Crippen LogP contribution >= 0.6 is 0 Å². The minimum atomic E-state index is -0.390. The monoisotopic (exact) mass is 521 g/mol. The van der Waals surface area contributed by atoms with Gasteiger partial charge < -0.3 is 14.6 Å². The lowest BCUT2D eigenvalue weighted by molar-refractivity contribution is -0.161. The molecule has 0 radical (unpaired) electrons. The van der Waals surface area contributed by atoms with E-state index in [1.54, 1.807) is 24.5 Å². The van der Waals surface area contributed by atoms with Crippen molar-refractivity contribution in [3.63, 3.8) is 0 Å². The quantitative estimate of drug-likeness (QED) is 0.321. The average molecular weight is 522 g/mol. The molecule has 2 aromatic carbocycles. The smallest absolute Gasteiger partial charge is 0.312 e. The van der Waals surface area contributed by atoms with Gasteiger partial charge in [-0.15, -0.1) is 0 Å². The number of hydrogen-bond acceptors (Lipinski definition) is 5. The number of benzene rings is 2. The summed E-state index contributed by atoms with van der Waals surface area (Å²) in [5, 5.41) is 3.34. The van der Waals surface area contributed by atoms with E-state index in [0.29, 0.717) is 24.1 Å². The largest absolute Gasteiger partial charge is 0.466 e. The van der Waals surface area contributed by atoms with Crippen LogP contribution in [0.5, 0.6) is 0 Å². The maximum atomic E-state index is 13.1. The van der Waals surface area contributed by atoms with Crippen molar-refractivity contribution in [2.75, 3.05) is 6.61 Å². The van der Waals surface area contributed by atoms with Crippen LogP contribution in [-0.2, 0) is 16.0 Å². The number of esters is 1. The summed E-state index contributed by atoms with van der Waals surface area (Å²) < 4.78 is 7.18. The van der Waals surface area contributed by atoms with E-state index in [1.807, 2.05) is 35.8 Å². The zero-order valence-corrected chi connectivity index (χ0v) is 22.0.